The van der Waals surface area contributed by atoms with E-state index in [-0.39, 0.29) is 16.1 Å². The molecule has 1 aliphatic heterocycles. The smallest absolute Gasteiger partial charge is 0.416 e. The Morgan fingerprint density at radius 1 is 1.15 bits per heavy atom. The monoisotopic (exact) mass is 488 g/mol. The van der Waals surface area contributed by atoms with Gasteiger partial charge in [-0.05, 0) is 55.8 Å². The van der Waals surface area contributed by atoms with Crippen molar-refractivity contribution in [2.45, 2.75) is 26.1 Å². The number of nitrogens with zero attached hydrogens (tertiary/aromatic N) is 2. The lowest BCUT2D eigenvalue weighted by molar-refractivity contribution is -0.137. The lowest BCUT2D eigenvalue weighted by Crippen LogP contribution is -2.31. The van der Waals surface area contributed by atoms with E-state index in [4.69, 9.17) is 4.74 Å². The number of carbonyl (C=O) groups excluding carboxylic acids is 2. The number of amides is 1. The number of halogens is 3. The molecule has 6 nitrogen and oxygen atoms in total. The number of alkyl halides is 3. The van der Waals surface area contributed by atoms with E-state index in [2.05, 4.69) is 4.98 Å². The summed E-state index contributed by atoms with van der Waals surface area (Å²) >= 11 is 1.13. The summed E-state index contributed by atoms with van der Waals surface area (Å²) in [6, 6.07) is 9.45. The summed E-state index contributed by atoms with van der Waals surface area (Å²) in [6.45, 7) is 3.38. The van der Waals surface area contributed by atoms with Crippen molar-refractivity contribution in [2.75, 3.05) is 12.0 Å². The first-order valence-electron chi connectivity index (χ1n) is 10.1. The van der Waals surface area contributed by atoms with Crippen LogP contribution in [0.4, 0.5) is 18.9 Å². The van der Waals surface area contributed by atoms with Gasteiger partial charge in [0.1, 0.15) is 5.75 Å². The molecule has 1 amide bonds. The molecule has 1 aromatic heterocycles. The molecule has 1 unspecified atom stereocenters. The number of rotatable bonds is 5. The van der Waals surface area contributed by atoms with Crippen LogP contribution in [0.5, 0.6) is 5.75 Å². The van der Waals surface area contributed by atoms with Crippen LogP contribution in [-0.2, 0) is 11.0 Å². The van der Waals surface area contributed by atoms with Crippen LogP contribution in [0.3, 0.4) is 0 Å². The third-order valence-electron chi connectivity index (χ3n) is 5.44. The van der Waals surface area contributed by atoms with E-state index in [1.165, 1.54) is 7.11 Å². The van der Waals surface area contributed by atoms with Crippen LogP contribution in [0.25, 0.3) is 0 Å². The molecule has 1 N–H and O–H groups in total. The predicted octanol–water partition coefficient (Wildman–Crippen LogP) is 5.57. The number of carbonyl (C=O) groups is 2. The van der Waals surface area contributed by atoms with Crippen LogP contribution in [0.1, 0.15) is 37.5 Å². The fraction of sp³-hybridized carbons (Fsp3) is 0.208. The first-order valence-corrected chi connectivity index (χ1v) is 10.9. The molecule has 0 saturated carbocycles. The maximum atomic E-state index is 13.5. The van der Waals surface area contributed by atoms with Gasteiger partial charge >= 0.3 is 6.18 Å². The maximum absolute atomic E-state index is 13.5. The van der Waals surface area contributed by atoms with Crippen molar-refractivity contribution in [3.8, 4) is 5.75 Å². The zero-order valence-electron chi connectivity index (χ0n) is 18.3. The van der Waals surface area contributed by atoms with Gasteiger partial charge < -0.3 is 9.84 Å². The fourth-order valence-electron chi connectivity index (χ4n) is 3.91. The summed E-state index contributed by atoms with van der Waals surface area (Å²) in [5.74, 6) is -1.78. The highest BCUT2D eigenvalue weighted by molar-refractivity contribution is 7.14. The first kappa shape index (κ1) is 23.5. The number of anilines is 1. The summed E-state index contributed by atoms with van der Waals surface area (Å²) in [5, 5.41) is 11.4. The predicted molar refractivity (Wildman–Crippen MR) is 120 cm³/mol. The van der Waals surface area contributed by atoms with Crippen LogP contribution < -0.4 is 9.64 Å². The van der Waals surface area contributed by atoms with Crippen LogP contribution in [-0.4, -0.2) is 28.9 Å². The highest BCUT2D eigenvalue weighted by Crippen LogP contribution is 2.44. The molecule has 0 radical (unpaired) electrons. The first-order chi connectivity index (χ1) is 16.0. The topological polar surface area (TPSA) is 79.7 Å². The minimum absolute atomic E-state index is 0.0948. The van der Waals surface area contributed by atoms with E-state index < -0.39 is 35.2 Å². The number of hydrogen-bond donors (Lipinski definition) is 1. The highest BCUT2D eigenvalue weighted by atomic mass is 32.1. The normalized spacial score (nSPS) is 16.4. The minimum Gasteiger partial charge on any atom is -0.503 e. The second-order valence-electron chi connectivity index (χ2n) is 7.64. The number of thiazole rings is 1. The number of benzene rings is 2. The van der Waals surface area contributed by atoms with Crippen molar-refractivity contribution in [2.24, 2.45) is 0 Å². The zero-order valence-corrected chi connectivity index (χ0v) is 19.1. The number of aromatic nitrogens is 1. The maximum Gasteiger partial charge on any atom is 0.416 e. The lowest BCUT2D eigenvalue weighted by atomic mass is 9.94. The molecule has 2 aromatic carbocycles. The van der Waals surface area contributed by atoms with Gasteiger partial charge in [0.15, 0.2) is 5.76 Å². The molecule has 10 heteroatoms. The summed E-state index contributed by atoms with van der Waals surface area (Å²) < 4.78 is 44.5. The van der Waals surface area contributed by atoms with E-state index in [0.717, 1.165) is 40.5 Å². The number of ketones is 1. The van der Waals surface area contributed by atoms with Gasteiger partial charge in [-0.2, -0.15) is 13.2 Å². The van der Waals surface area contributed by atoms with Gasteiger partial charge in [0.2, 0.25) is 5.78 Å². The Labute approximate surface area is 196 Å². The van der Waals surface area contributed by atoms with E-state index >= 15 is 0 Å². The van der Waals surface area contributed by atoms with E-state index in [1.807, 2.05) is 0 Å². The minimum atomic E-state index is -4.55. The Balaban J connectivity index is 1.87. The van der Waals surface area contributed by atoms with Crippen molar-refractivity contribution >= 4 is 28.7 Å². The largest absolute Gasteiger partial charge is 0.503 e. The third-order valence-corrected chi connectivity index (χ3v) is 6.52. The third kappa shape index (κ3) is 4.05. The SMILES string of the molecule is COc1cccc(C2C(C(=O)c3sc(C)nc3C)=C(O)C(=O)N2c2ccc(C(F)(F)F)cc2)c1. The fourth-order valence-corrected chi connectivity index (χ4v) is 4.78. The molecule has 0 aliphatic carbocycles. The summed E-state index contributed by atoms with van der Waals surface area (Å²) in [7, 11) is 1.45. The average Bonchev–Trinajstić information content (AvgIpc) is 3.28. The van der Waals surface area contributed by atoms with E-state index in [9.17, 15) is 27.9 Å². The molecule has 4 rings (SSSR count). The molecule has 0 saturated heterocycles. The Morgan fingerprint density at radius 2 is 1.82 bits per heavy atom. The van der Waals surface area contributed by atoms with Crippen molar-refractivity contribution < 1.29 is 32.6 Å². The zero-order chi connectivity index (χ0) is 24.8. The molecule has 34 heavy (non-hydrogen) atoms. The molecule has 2 heterocycles. The Kier molecular flexibility index (Phi) is 5.94. The molecule has 0 spiro atoms. The number of hydrogen-bond acceptors (Lipinski definition) is 6. The number of methoxy groups -OCH3 is 1. The molecule has 176 valence electrons. The summed E-state index contributed by atoms with van der Waals surface area (Å²) in [6.07, 6.45) is -4.55. The molecule has 1 atom stereocenters. The average molecular weight is 488 g/mol. The highest BCUT2D eigenvalue weighted by Gasteiger charge is 2.45. The molecule has 3 aromatic rings. The van der Waals surface area contributed by atoms with Gasteiger partial charge in [-0.15, -0.1) is 11.3 Å². The van der Waals surface area contributed by atoms with Crippen LogP contribution in [0.2, 0.25) is 0 Å². The molecule has 0 fully saturated rings. The van der Waals surface area contributed by atoms with Crippen molar-refractivity contribution in [3.63, 3.8) is 0 Å². The molecule has 0 bridgehead atoms. The number of aliphatic hydroxyl groups excluding tert-OH is 1. The van der Waals surface area contributed by atoms with E-state index in [1.54, 1.807) is 38.1 Å². The Hall–Kier alpha value is -3.66. The van der Waals surface area contributed by atoms with Crippen molar-refractivity contribution in [3.05, 3.63) is 86.6 Å². The van der Waals surface area contributed by atoms with Gasteiger partial charge in [-0.25, -0.2) is 4.98 Å². The Morgan fingerprint density at radius 3 is 2.38 bits per heavy atom. The second kappa shape index (κ2) is 8.60. The van der Waals surface area contributed by atoms with Gasteiger partial charge in [-0.1, -0.05) is 12.1 Å². The second-order valence-corrected chi connectivity index (χ2v) is 8.84. The number of aliphatic hydroxyl groups is 1. The van der Waals surface area contributed by atoms with Gasteiger partial charge in [-0.3, -0.25) is 14.5 Å². The van der Waals surface area contributed by atoms with Crippen molar-refractivity contribution in [1.29, 1.82) is 0 Å². The molecular weight excluding hydrogens is 469 g/mol. The molecule has 1 aliphatic rings. The van der Waals surface area contributed by atoms with Crippen LogP contribution in [0, 0.1) is 13.8 Å². The summed E-state index contributed by atoms with van der Waals surface area (Å²) in [4.78, 5) is 32.3. The van der Waals surface area contributed by atoms with Crippen LogP contribution in [0.15, 0.2) is 59.9 Å². The van der Waals surface area contributed by atoms with E-state index in [0.29, 0.717) is 22.0 Å². The van der Waals surface area contributed by atoms with Gasteiger partial charge in [0.05, 0.1) is 39.9 Å². The quantitative estimate of drug-likeness (QED) is 0.475. The lowest BCUT2D eigenvalue weighted by Gasteiger charge is -2.27. The number of ether oxygens (including phenoxy) is 1. The van der Waals surface area contributed by atoms with Gasteiger partial charge in [0, 0.05) is 5.69 Å². The Bertz CT molecular complexity index is 1310. The number of Topliss-reactive ketones (excluding diaryl/α,β-unsaturated/α-hetero) is 1. The molecular formula is C24H19F3N2O4S. The number of aryl methyl sites for hydroxylation is 2. The van der Waals surface area contributed by atoms with Crippen LogP contribution >= 0.6 is 11.3 Å². The standard InChI is InChI=1S/C24H19F3N2O4S/c1-12-22(34-13(2)28-12)20(30)18-19(14-5-4-6-17(11-14)33-3)29(23(32)21(18)31)16-9-7-15(8-10-16)24(25,26)27/h4-11,19,31H,1-3H3. The van der Waals surface area contributed by atoms with Gasteiger partial charge in [0.25, 0.3) is 5.91 Å². The van der Waals surface area contributed by atoms with Crippen molar-refractivity contribution in [1.82, 2.24) is 4.98 Å². The summed E-state index contributed by atoms with van der Waals surface area (Å²) in [5.41, 5.74) is -0.0659.